The van der Waals surface area contributed by atoms with Gasteiger partial charge >= 0.3 is 0 Å². The quantitative estimate of drug-likeness (QED) is 0.834. The number of rotatable bonds is 2. The maximum atomic E-state index is 10.5. The fraction of sp³-hybridized carbons (Fsp3) is 1.00. The molecule has 0 aromatic heterocycles. The van der Waals surface area contributed by atoms with Gasteiger partial charge in [0.05, 0.1) is 18.8 Å². The van der Waals surface area contributed by atoms with Crippen molar-refractivity contribution >= 4 is 0 Å². The Morgan fingerprint density at radius 3 is 2.74 bits per heavy atom. The standard InChI is InChI=1S/C16H29NO2/c1-16(2)8-7-12(15(16)18)11-17-9-10-19-14-6-4-3-5-13(14)17/h12-15,18H,3-11H2,1-2H3. The zero-order chi connectivity index (χ0) is 13.5. The molecule has 0 amide bonds. The van der Waals surface area contributed by atoms with Crippen molar-refractivity contribution in [2.24, 2.45) is 11.3 Å². The normalized spacial score (nSPS) is 43.1. The van der Waals surface area contributed by atoms with E-state index in [0.29, 0.717) is 18.1 Å². The molecule has 4 atom stereocenters. The van der Waals surface area contributed by atoms with Crippen molar-refractivity contribution in [1.29, 1.82) is 0 Å². The smallest absolute Gasteiger partial charge is 0.0730 e. The van der Waals surface area contributed by atoms with E-state index in [1.165, 1.54) is 32.1 Å². The van der Waals surface area contributed by atoms with Crippen molar-refractivity contribution in [1.82, 2.24) is 4.90 Å². The Kier molecular flexibility index (Phi) is 3.89. The number of aliphatic hydroxyl groups is 1. The van der Waals surface area contributed by atoms with E-state index in [4.69, 9.17) is 4.74 Å². The Bertz CT molecular complexity index is 316. The van der Waals surface area contributed by atoms with Crippen LogP contribution in [0.1, 0.15) is 52.4 Å². The van der Waals surface area contributed by atoms with Crippen LogP contribution in [0.3, 0.4) is 0 Å². The molecule has 3 nitrogen and oxygen atoms in total. The largest absolute Gasteiger partial charge is 0.392 e. The number of aliphatic hydroxyl groups excluding tert-OH is 1. The van der Waals surface area contributed by atoms with Gasteiger partial charge in [-0.3, -0.25) is 4.90 Å². The Morgan fingerprint density at radius 2 is 2.00 bits per heavy atom. The van der Waals surface area contributed by atoms with E-state index in [1.807, 2.05) is 0 Å². The van der Waals surface area contributed by atoms with Gasteiger partial charge in [-0.1, -0.05) is 26.7 Å². The second-order valence-corrected chi connectivity index (χ2v) is 7.49. The molecule has 2 saturated carbocycles. The maximum absolute atomic E-state index is 10.5. The number of nitrogens with zero attached hydrogens (tertiary/aromatic N) is 1. The SMILES string of the molecule is CC1(C)CCC(CN2CCOC3CCCCC32)C1O. The summed E-state index contributed by atoms with van der Waals surface area (Å²) in [4.78, 5) is 2.63. The van der Waals surface area contributed by atoms with Crippen molar-refractivity contribution in [3.05, 3.63) is 0 Å². The van der Waals surface area contributed by atoms with Crippen LogP contribution in [0.2, 0.25) is 0 Å². The average molecular weight is 267 g/mol. The Labute approximate surface area is 117 Å². The summed E-state index contributed by atoms with van der Waals surface area (Å²) >= 11 is 0. The van der Waals surface area contributed by atoms with Crippen LogP contribution >= 0.6 is 0 Å². The number of ether oxygens (including phenoxy) is 1. The predicted molar refractivity (Wildman–Crippen MR) is 76.1 cm³/mol. The molecule has 0 aromatic carbocycles. The van der Waals surface area contributed by atoms with Gasteiger partial charge in [0.15, 0.2) is 0 Å². The summed E-state index contributed by atoms with van der Waals surface area (Å²) < 4.78 is 5.94. The Balaban J connectivity index is 1.62. The van der Waals surface area contributed by atoms with E-state index in [0.717, 1.165) is 26.1 Å². The van der Waals surface area contributed by atoms with Gasteiger partial charge in [-0.05, 0) is 37.0 Å². The monoisotopic (exact) mass is 267 g/mol. The number of hydrogen-bond donors (Lipinski definition) is 1. The van der Waals surface area contributed by atoms with Crippen molar-refractivity contribution in [2.45, 2.75) is 70.6 Å². The third-order valence-corrected chi connectivity index (χ3v) is 5.72. The number of fused-ring (bicyclic) bond motifs is 1. The zero-order valence-electron chi connectivity index (χ0n) is 12.5. The minimum absolute atomic E-state index is 0.114. The van der Waals surface area contributed by atoms with Crippen LogP contribution < -0.4 is 0 Å². The molecule has 0 aromatic rings. The Hall–Kier alpha value is -0.120. The van der Waals surface area contributed by atoms with Crippen molar-refractivity contribution in [3.63, 3.8) is 0 Å². The lowest BCUT2D eigenvalue weighted by molar-refractivity contribution is -0.0973. The van der Waals surface area contributed by atoms with Gasteiger partial charge in [-0.2, -0.15) is 0 Å². The molecule has 19 heavy (non-hydrogen) atoms. The second kappa shape index (κ2) is 5.34. The summed E-state index contributed by atoms with van der Waals surface area (Å²) in [5.74, 6) is 0.468. The summed E-state index contributed by atoms with van der Waals surface area (Å²) in [6, 6.07) is 0.624. The lowest BCUT2D eigenvalue weighted by Gasteiger charge is -2.45. The predicted octanol–water partition coefficient (Wildman–Crippen LogP) is 2.43. The van der Waals surface area contributed by atoms with Crippen LogP contribution in [-0.4, -0.2) is 48.0 Å². The average Bonchev–Trinajstić information content (AvgIpc) is 2.66. The molecule has 4 unspecified atom stereocenters. The highest BCUT2D eigenvalue weighted by molar-refractivity contribution is 4.95. The third kappa shape index (κ3) is 2.70. The molecule has 1 heterocycles. The van der Waals surface area contributed by atoms with Crippen molar-refractivity contribution < 1.29 is 9.84 Å². The van der Waals surface area contributed by atoms with Crippen LogP contribution in [-0.2, 0) is 4.74 Å². The van der Waals surface area contributed by atoms with E-state index in [9.17, 15) is 5.11 Å². The molecule has 3 fully saturated rings. The van der Waals surface area contributed by atoms with Gasteiger partial charge in [0.25, 0.3) is 0 Å². The van der Waals surface area contributed by atoms with Crippen LogP contribution in [0.4, 0.5) is 0 Å². The molecule has 2 aliphatic carbocycles. The molecular weight excluding hydrogens is 238 g/mol. The highest BCUT2D eigenvalue weighted by Gasteiger charge is 2.43. The van der Waals surface area contributed by atoms with Crippen molar-refractivity contribution in [2.75, 3.05) is 19.7 Å². The second-order valence-electron chi connectivity index (χ2n) is 7.49. The molecule has 3 rings (SSSR count). The first kappa shape index (κ1) is 13.8. The van der Waals surface area contributed by atoms with Crippen LogP contribution in [0.15, 0.2) is 0 Å². The summed E-state index contributed by atoms with van der Waals surface area (Å²) in [6.07, 6.45) is 7.89. The highest BCUT2D eigenvalue weighted by atomic mass is 16.5. The van der Waals surface area contributed by atoms with Gasteiger partial charge in [-0.25, -0.2) is 0 Å². The lowest BCUT2D eigenvalue weighted by Crippen LogP contribution is -2.54. The van der Waals surface area contributed by atoms with Crippen molar-refractivity contribution in [3.8, 4) is 0 Å². The molecule has 1 saturated heterocycles. The molecule has 110 valence electrons. The molecule has 1 N–H and O–H groups in total. The molecular formula is C16H29NO2. The minimum Gasteiger partial charge on any atom is -0.392 e. The van der Waals surface area contributed by atoms with E-state index in [-0.39, 0.29) is 11.5 Å². The first-order chi connectivity index (χ1) is 9.08. The van der Waals surface area contributed by atoms with Gasteiger partial charge < -0.3 is 9.84 Å². The topological polar surface area (TPSA) is 32.7 Å². The fourth-order valence-corrected chi connectivity index (χ4v) is 4.40. The molecule has 0 radical (unpaired) electrons. The highest BCUT2D eigenvalue weighted by Crippen LogP contribution is 2.42. The number of hydrogen-bond acceptors (Lipinski definition) is 3. The fourth-order valence-electron chi connectivity index (χ4n) is 4.40. The minimum atomic E-state index is -0.127. The van der Waals surface area contributed by atoms with E-state index < -0.39 is 0 Å². The van der Waals surface area contributed by atoms with Crippen LogP contribution in [0, 0.1) is 11.3 Å². The Morgan fingerprint density at radius 1 is 1.21 bits per heavy atom. The van der Waals surface area contributed by atoms with Gasteiger partial charge in [-0.15, -0.1) is 0 Å². The summed E-state index contributed by atoms with van der Waals surface area (Å²) in [5.41, 5.74) is 0.114. The number of morpholine rings is 1. The first-order valence-corrected chi connectivity index (χ1v) is 8.12. The first-order valence-electron chi connectivity index (χ1n) is 8.12. The van der Waals surface area contributed by atoms with E-state index in [2.05, 4.69) is 18.7 Å². The maximum Gasteiger partial charge on any atom is 0.0730 e. The molecule has 1 aliphatic heterocycles. The van der Waals surface area contributed by atoms with E-state index in [1.54, 1.807) is 0 Å². The molecule has 0 bridgehead atoms. The van der Waals surface area contributed by atoms with Crippen LogP contribution in [0.5, 0.6) is 0 Å². The molecule has 3 aliphatic rings. The molecule has 0 spiro atoms. The van der Waals surface area contributed by atoms with Gasteiger partial charge in [0.2, 0.25) is 0 Å². The van der Waals surface area contributed by atoms with Gasteiger partial charge in [0.1, 0.15) is 0 Å². The van der Waals surface area contributed by atoms with E-state index >= 15 is 0 Å². The zero-order valence-corrected chi connectivity index (χ0v) is 12.5. The summed E-state index contributed by atoms with van der Waals surface area (Å²) in [5, 5.41) is 10.5. The summed E-state index contributed by atoms with van der Waals surface area (Å²) in [6.45, 7) is 7.44. The summed E-state index contributed by atoms with van der Waals surface area (Å²) in [7, 11) is 0. The lowest BCUT2D eigenvalue weighted by atomic mass is 9.86. The molecule has 3 heteroatoms. The third-order valence-electron chi connectivity index (χ3n) is 5.72. The van der Waals surface area contributed by atoms with Gasteiger partial charge in [0, 0.05) is 19.1 Å². The van der Waals surface area contributed by atoms with Crippen LogP contribution in [0.25, 0.3) is 0 Å².